The Morgan fingerprint density at radius 3 is 2.25 bits per heavy atom. The fraction of sp³-hybridized carbons (Fsp3) is 0.333. The second-order valence-electron chi connectivity index (χ2n) is 4.87. The highest BCUT2D eigenvalue weighted by atomic mass is 19.1. The van der Waals surface area contributed by atoms with Crippen LogP contribution in [0.3, 0.4) is 0 Å². The van der Waals surface area contributed by atoms with Crippen molar-refractivity contribution < 1.29 is 19.1 Å². The number of anilines is 1. The zero-order valence-electron chi connectivity index (χ0n) is 11.1. The van der Waals surface area contributed by atoms with Crippen LogP contribution in [0.2, 0.25) is 0 Å². The van der Waals surface area contributed by atoms with Gasteiger partial charge in [0, 0.05) is 12.7 Å². The molecular weight excluding hydrogens is 261 g/mol. The number of amides is 1. The number of halogens is 1. The van der Waals surface area contributed by atoms with Crippen molar-refractivity contribution in [1.82, 2.24) is 0 Å². The van der Waals surface area contributed by atoms with Crippen molar-refractivity contribution in [2.45, 2.75) is 12.8 Å². The molecule has 4 nitrogen and oxygen atoms in total. The Morgan fingerprint density at radius 2 is 1.70 bits per heavy atom. The van der Waals surface area contributed by atoms with E-state index < -0.39 is 17.8 Å². The monoisotopic (exact) mass is 277 g/mol. The van der Waals surface area contributed by atoms with Crippen LogP contribution < -0.4 is 4.90 Å². The van der Waals surface area contributed by atoms with E-state index in [9.17, 15) is 19.1 Å². The summed E-state index contributed by atoms with van der Waals surface area (Å²) in [6.07, 6.45) is 4.41. The molecule has 1 aliphatic carbocycles. The van der Waals surface area contributed by atoms with Gasteiger partial charge in [-0.2, -0.15) is 0 Å². The predicted octanol–water partition coefficient (Wildman–Crippen LogP) is 2.46. The Hall–Kier alpha value is -2.17. The maximum atomic E-state index is 12.9. The molecule has 0 bridgehead atoms. The number of nitrogens with zero attached hydrogens (tertiary/aromatic N) is 1. The first kappa shape index (κ1) is 14.2. The molecule has 0 spiro atoms. The average Bonchev–Trinajstić information content (AvgIpc) is 2.46. The predicted molar refractivity (Wildman–Crippen MR) is 72.8 cm³/mol. The molecule has 106 valence electrons. The Balaban J connectivity index is 2.19. The second-order valence-corrected chi connectivity index (χ2v) is 4.87. The van der Waals surface area contributed by atoms with Gasteiger partial charge in [-0.15, -0.1) is 0 Å². The van der Waals surface area contributed by atoms with Gasteiger partial charge < -0.3 is 10.0 Å². The molecule has 1 amide bonds. The number of hydrogen-bond donors (Lipinski definition) is 1. The minimum atomic E-state index is -0.958. The lowest BCUT2D eigenvalue weighted by atomic mass is 9.82. The Kier molecular flexibility index (Phi) is 4.17. The molecule has 0 radical (unpaired) electrons. The second kappa shape index (κ2) is 5.86. The fourth-order valence-corrected chi connectivity index (χ4v) is 2.40. The van der Waals surface area contributed by atoms with E-state index in [1.54, 1.807) is 13.1 Å². The number of carbonyl (C=O) groups is 2. The largest absolute Gasteiger partial charge is 0.481 e. The molecule has 5 heteroatoms. The first-order valence-corrected chi connectivity index (χ1v) is 6.41. The van der Waals surface area contributed by atoms with Crippen LogP contribution in [0.15, 0.2) is 36.4 Å². The van der Waals surface area contributed by atoms with Gasteiger partial charge in [0.25, 0.3) is 0 Å². The first-order chi connectivity index (χ1) is 9.50. The van der Waals surface area contributed by atoms with Gasteiger partial charge in [-0.1, -0.05) is 12.2 Å². The molecule has 1 aromatic rings. The SMILES string of the molecule is CN(C(=O)[C@@H]1CC=CC[C@@H]1C(=O)O)c1ccc(F)cc1. The summed E-state index contributed by atoms with van der Waals surface area (Å²) >= 11 is 0. The van der Waals surface area contributed by atoms with Crippen molar-refractivity contribution in [3.63, 3.8) is 0 Å². The quantitative estimate of drug-likeness (QED) is 0.863. The molecule has 1 aromatic carbocycles. The van der Waals surface area contributed by atoms with Crippen LogP contribution in [0, 0.1) is 17.7 Å². The summed E-state index contributed by atoms with van der Waals surface area (Å²) in [7, 11) is 1.58. The summed E-state index contributed by atoms with van der Waals surface area (Å²) in [6.45, 7) is 0. The molecule has 0 saturated carbocycles. The standard InChI is InChI=1S/C15H16FNO3/c1-17(11-8-6-10(16)7-9-11)14(18)12-4-2-3-5-13(12)15(19)20/h2-3,6-9,12-13H,4-5H2,1H3,(H,19,20)/t12-,13+/m1/s1. The van der Waals surface area contributed by atoms with Crippen molar-refractivity contribution in [2.75, 3.05) is 11.9 Å². The van der Waals surface area contributed by atoms with E-state index in [2.05, 4.69) is 0 Å². The van der Waals surface area contributed by atoms with E-state index in [0.29, 0.717) is 18.5 Å². The van der Waals surface area contributed by atoms with Gasteiger partial charge in [-0.3, -0.25) is 9.59 Å². The molecule has 1 N–H and O–H groups in total. The van der Waals surface area contributed by atoms with Crippen molar-refractivity contribution >= 4 is 17.6 Å². The number of allylic oxidation sites excluding steroid dienone is 2. The number of benzene rings is 1. The minimum absolute atomic E-state index is 0.256. The van der Waals surface area contributed by atoms with E-state index in [1.165, 1.54) is 29.2 Å². The minimum Gasteiger partial charge on any atom is -0.481 e. The number of carboxylic acid groups (broad SMARTS) is 1. The van der Waals surface area contributed by atoms with Crippen molar-refractivity contribution in [3.8, 4) is 0 Å². The zero-order valence-corrected chi connectivity index (χ0v) is 11.1. The Labute approximate surface area is 116 Å². The van der Waals surface area contributed by atoms with Gasteiger partial charge in [0.1, 0.15) is 5.82 Å². The van der Waals surface area contributed by atoms with Gasteiger partial charge in [0.15, 0.2) is 0 Å². The van der Waals surface area contributed by atoms with E-state index in [0.717, 1.165) is 0 Å². The van der Waals surface area contributed by atoms with Crippen LogP contribution in [-0.4, -0.2) is 24.0 Å². The van der Waals surface area contributed by atoms with Crippen LogP contribution in [0.1, 0.15) is 12.8 Å². The highest BCUT2D eigenvalue weighted by Crippen LogP contribution is 2.29. The molecule has 2 atom stereocenters. The van der Waals surface area contributed by atoms with Crippen molar-refractivity contribution in [3.05, 3.63) is 42.2 Å². The van der Waals surface area contributed by atoms with E-state index in [4.69, 9.17) is 0 Å². The van der Waals surface area contributed by atoms with Crippen LogP contribution >= 0.6 is 0 Å². The van der Waals surface area contributed by atoms with Crippen LogP contribution in [0.4, 0.5) is 10.1 Å². The highest BCUT2D eigenvalue weighted by Gasteiger charge is 2.35. The lowest BCUT2D eigenvalue weighted by molar-refractivity contribution is -0.146. The van der Waals surface area contributed by atoms with E-state index in [-0.39, 0.29) is 11.7 Å². The summed E-state index contributed by atoms with van der Waals surface area (Å²) in [5.41, 5.74) is 0.551. The van der Waals surface area contributed by atoms with Gasteiger partial charge in [0.2, 0.25) is 5.91 Å². The van der Waals surface area contributed by atoms with Crippen molar-refractivity contribution in [2.24, 2.45) is 11.8 Å². The Bertz CT molecular complexity index is 539. The lowest BCUT2D eigenvalue weighted by Crippen LogP contribution is -2.40. The summed E-state index contributed by atoms with van der Waals surface area (Å²) in [5, 5.41) is 9.19. The zero-order chi connectivity index (χ0) is 14.7. The maximum Gasteiger partial charge on any atom is 0.307 e. The molecule has 20 heavy (non-hydrogen) atoms. The molecule has 2 rings (SSSR count). The number of aliphatic carboxylic acids is 1. The number of rotatable bonds is 3. The molecule has 0 saturated heterocycles. The summed E-state index contributed by atoms with van der Waals surface area (Å²) in [5.74, 6) is -2.87. The third-order valence-electron chi connectivity index (χ3n) is 3.61. The fourth-order valence-electron chi connectivity index (χ4n) is 2.40. The third-order valence-corrected chi connectivity index (χ3v) is 3.61. The highest BCUT2D eigenvalue weighted by molar-refractivity contribution is 5.97. The van der Waals surface area contributed by atoms with Crippen LogP contribution in [0.5, 0.6) is 0 Å². The van der Waals surface area contributed by atoms with Crippen LogP contribution in [-0.2, 0) is 9.59 Å². The number of carbonyl (C=O) groups excluding carboxylic acids is 1. The maximum absolute atomic E-state index is 12.9. The third kappa shape index (κ3) is 2.87. The van der Waals surface area contributed by atoms with Crippen LogP contribution in [0.25, 0.3) is 0 Å². The molecule has 0 heterocycles. The van der Waals surface area contributed by atoms with Gasteiger partial charge in [-0.25, -0.2) is 4.39 Å². The molecule has 0 unspecified atom stereocenters. The van der Waals surface area contributed by atoms with E-state index >= 15 is 0 Å². The number of hydrogen-bond acceptors (Lipinski definition) is 2. The summed E-state index contributed by atoms with van der Waals surface area (Å²) < 4.78 is 12.9. The smallest absolute Gasteiger partial charge is 0.307 e. The average molecular weight is 277 g/mol. The van der Waals surface area contributed by atoms with E-state index in [1.807, 2.05) is 6.08 Å². The number of carboxylic acids is 1. The molecule has 0 fully saturated rings. The summed E-state index contributed by atoms with van der Waals surface area (Å²) in [6, 6.07) is 5.55. The lowest BCUT2D eigenvalue weighted by Gasteiger charge is -2.28. The topological polar surface area (TPSA) is 57.6 Å². The Morgan fingerprint density at radius 1 is 1.15 bits per heavy atom. The van der Waals surface area contributed by atoms with Gasteiger partial charge >= 0.3 is 5.97 Å². The molecule has 0 aliphatic heterocycles. The first-order valence-electron chi connectivity index (χ1n) is 6.41. The normalized spacial score (nSPS) is 21.5. The van der Waals surface area contributed by atoms with Gasteiger partial charge in [0.05, 0.1) is 11.8 Å². The van der Waals surface area contributed by atoms with Gasteiger partial charge in [-0.05, 0) is 37.1 Å². The molecule has 1 aliphatic rings. The van der Waals surface area contributed by atoms with Crippen molar-refractivity contribution in [1.29, 1.82) is 0 Å². The summed E-state index contributed by atoms with van der Waals surface area (Å²) in [4.78, 5) is 25.0. The molecular formula is C15H16FNO3. The molecule has 0 aromatic heterocycles.